The van der Waals surface area contributed by atoms with Crippen molar-refractivity contribution in [2.75, 3.05) is 13.7 Å². The Balaban J connectivity index is 2.03. The van der Waals surface area contributed by atoms with Gasteiger partial charge >= 0.3 is 0 Å². The molecule has 19 heavy (non-hydrogen) atoms. The highest BCUT2D eigenvalue weighted by molar-refractivity contribution is 5.85. The van der Waals surface area contributed by atoms with Gasteiger partial charge in [-0.1, -0.05) is 12.1 Å². The van der Waals surface area contributed by atoms with Crippen molar-refractivity contribution in [3.63, 3.8) is 0 Å². The molecular formula is C14H18FNO3. The van der Waals surface area contributed by atoms with Gasteiger partial charge in [0.25, 0.3) is 0 Å². The maximum absolute atomic E-state index is 13.9. The van der Waals surface area contributed by atoms with Crippen molar-refractivity contribution in [3.05, 3.63) is 29.6 Å². The smallest absolute Gasteiger partial charge is 0.168 e. The zero-order valence-corrected chi connectivity index (χ0v) is 10.9. The minimum Gasteiger partial charge on any atom is -0.494 e. The predicted molar refractivity (Wildman–Crippen MR) is 68.6 cm³/mol. The van der Waals surface area contributed by atoms with Crippen LogP contribution in [0.25, 0.3) is 0 Å². The van der Waals surface area contributed by atoms with Gasteiger partial charge in [-0.2, -0.15) is 0 Å². The van der Waals surface area contributed by atoms with Crippen LogP contribution >= 0.6 is 0 Å². The number of Topliss-reactive ketones (excluding diaryl/α,β-unsaturated/α-hetero) is 1. The molecule has 0 aliphatic carbocycles. The van der Waals surface area contributed by atoms with Gasteiger partial charge in [-0.05, 0) is 24.5 Å². The maximum atomic E-state index is 13.9. The first kappa shape index (κ1) is 14.0. The lowest BCUT2D eigenvalue weighted by molar-refractivity contribution is -0.128. The standard InChI is InChI=1S/C14H18FNO3/c1-18-13-4-2-3-9(14(13)15)7-11(17)12-6-5-10(8-16)19-12/h2-4,10,12H,5-8,16H2,1H3. The van der Waals surface area contributed by atoms with E-state index in [1.54, 1.807) is 12.1 Å². The fourth-order valence-electron chi connectivity index (χ4n) is 2.27. The Labute approximate surface area is 111 Å². The molecule has 1 aliphatic heterocycles. The van der Waals surface area contributed by atoms with E-state index < -0.39 is 11.9 Å². The summed E-state index contributed by atoms with van der Waals surface area (Å²) in [5, 5.41) is 0. The summed E-state index contributed by atoms with van der Waals surface area (Å²) in [6.45, 7) is 0.414. The Morgan fingerprint density at radius 1 is 1.53 bits per heavy atom. The number of hydrogen-bond acceptors (Lipinski definition) is 4. The van der Waals surface area contributed by atoms with Crippen LogP contribution in [0.3, 0.4) is 0 Å². The molecule has 104 valence electrons. The number of nitrogens with two attached hydrogens (primary N) is 1. The highest BCUT2D eigenvalue weighted by Gasteiger charge is 2.30. The van der Waals surface area contributed by atoms with Crippen LogP contribution in [-0.4, -0.2) is 31.6 Å². The van der Waals surface area contributed by atoms with Crippen molar-refractivity contribution < 1.29 is 18.7 Å². The molecule has 2 unspecified atom stereocenters. The number of rotatable bonds is 5. The summed E-state index contributed by atoms with van der Waals surface area (Å²) in [6, 6.07) is 4.79. The van der Waals surface area contributed by atoms with Crippen LogP contribution in [0.4, 0.5) is 4.39 Å². The largest absolute Gasteiger partial charge is 0.494 e. The second kappa shape index (κ2) is 6.12. The van der Waals surface area contributed by atoms with E-state index in [1.807, 2.05) is 0 Å². The molecule has 5 heteroatoms. The van der Waals surface area contributed by atoms with Crippen molar-refractivity contribution in [2.24, 2.45) is 5.73 Å². The average Bonchev–Trinajstić information content (AvgIpc) is 2.90. The number of methoxy groups -OCH3 is 1. The van der Waals surface area contributed by atoms with Crippen LogP contribution in [0.5, 0.6) is 5.75 Å². The minimum absolute atomic E-state index is 0.0188. The van der Waals surface area contributed by atoms with Gasteiger partial charge in [-0.3, -0.25) is 4.79 Å². The van der Waals surface area contributed by atoms with E-state index in [4.69, 9.17) is 15.2 Å². The molecule has 0 amide bonds. The highest BCUT2D eigenvalue weighted by Crippen LogP contribution is 2.24. The van der Waals surface area contributed by atoms with Gasteiger partial charge in [0.15, 0.2) is 17.3 Å². The van der Waals surface area contributed by atoms with E-state index in [0.717, 1.165) is 6.42 Å². The van der Waals surface area contributed by atoms with E-state index in [-0.39, 0.29) is 24.1 Å². The first-order chi connectivity index (χ1) is 9.15. The number of carbonyl (C=O) groups excluding carboxylic acids is 1. The molecule has 0 spiro atoms. The number of ether oxygens (including phenoxy) is 2. The molecule has 1 fully saturated rings. The van der Waals surface area contributed by atoms with E-state index >= 15 is 0 Å². The summed E-state index contributed by atoms with van der Waals surface area (Å²) in [5.74, 6) is -0.438. The Morgan fingerprint density at radius 3 is 2.95 bits per heavy atom. The molecule has 0 saturated carbocycles. The molecule has 1 heterocycles. The second-order valence-corrected chi connectivity index (χ2v) is 4.64. The molecule has 4 nitrogen and oxygen atoms in total. The maximum Gasteiger partial charge on any atom is 0.168 e. The topological polar surface area (TPSA) is 61.5 Å². The first-order valence-corrected chi connectivity index (χ1v) is 6.35. The highest BCUT2D eigenvalue weighted by atomic mass is 19.1. The lowest BCUT2D eigenvalue weighted by atomic mass is 10.0. The molecule has 0 aromatic heterocycles. The van der Waals surface area contributed by atoms with E-state index in [9.17, 15) is 9.18 Å². The lowest BCUT2D eigenvalue weighted by Crippen LogP contribution is -2.26. The number of benzene rings is 1. The minimum atomic E-state index is -0.480. The number of ketones is 1. The SMILES string of the molecule is COc1cccc(CC(=O)C2CCC(CN)O2)c1F. The van der Waals surface area contributed by atoms with Crippen molar-refractivity contribution in [1.29, 1.82) is 0 Å². The zero-order valence-electron chi connectivity index (χ0n) is 10.9. The van der Waals surface area contributed by atoms with Crippen LogP contribution < -0.4 is 10.5 Å². The Kier molecular flexibility index (Phi) is 4.50. The second-order valence-electron chi connectivity index (χ2n) is 4.64. The Bertz CT molecular complexity index is 464. The van der Waals surface area contributed by atoms with Gasteiger partial charge in [-0.15, -0.1) is 0 Å². The van der Waals surface area contributed by atoms with E-state index in [0.29, 0.717) is 18.5 Å². The molecule has 1 aromatic carbocycles. The van der Waals surface area contributed by atoms with Crippen molar-refractivity contribution in [1.82, 2.24) is 0 Å². The first-order valence-electron chi connectivity index (χ1n) is 6.35. The molecule has 2 rings (SSSR count). The van der Waals surface area contributed by atoms with Gasteiger partial charge in [0.05, 0.1) is 13.2 Å². The van der Waals surface area contributed by atoms with Crippen molar-refractivity contribution in [3.8, 4) is 5.75 Å². The van der Waals surface area contributed by atoms with Crippen LogP contribution in [0, 0.1) is 5.82 Å². The third-order valence-corrected chi connectivity index (χ3v) is 3.36. The molecule has 0 bridgehead atoms. The van der Waals surface area contributed by atoms with E-state index in [2.05, 4.69) is 0 Å². The third-order valence-electron chi connectivity index (χ3n) is 3.36. The zero-order chi connectivity index (χ0) is 13.8. The molecule has 1 aromatic rings. The number of carbonyl (C=O) groups is 1. The third kappa shape index (κ3) is 3.11. The van der Waals surface area contributed by atoms with Crippen LogP contribution in [0.15, 0.2) is 18.2 Å². The molecule has 1 saturated heterocycles. The van der Waals surface area contributed by atoms with E-state index in [1.165, 1.54) is 13.2 Å². The summed E-state index contributed by atoms with van der Waals surface area (Å²) in [6.07, 6.45) is 0.952. The monoisotopic (exact) mass is 267 g/mol. The summed E-state index contributed by atoms with van der Waals surface area (Å²) in [5.41, 5.74) is 5.84. The summed E-state index contributed by atoms with van der Waals surface area (Å²) >= 11 is 0. The van der Waals surface area contributed by atoms with Gasteiger partial charge in [0.1, 0.15) is 6.10 Å². The summed E-state index contributed by atoms with van der Waals surface area (Å²) < 4.78 is 24.3. The van der Waals surface area contributed by atoms with Crippen LogP contribution in [0.1, 0.15) is 18.4 Å². The van der Waals surface area contributed by atoms with Crippen LogP contribution in [-0.2, 0) is 16.0 Å². The average molecular weight is 267 g/mol. The molecule has 1 aliphatic rings. The molecule has 2 N–H and O–H groups in total. The normalized spacial score (nSPS) is 22.5. The fraction of sp³-hybridized carbons (Fsp3) is 0.500. The number of halogens is 1. The van der Waals surface area contributed by atoms with Gasteiger partial charge in [-0.25, -0.2) is 4.39 Å². The van der Waals surface area contributed by atoms with Gasteiger partial charge in [0.2, 0.25) is 0 Å². The number of hydrogen-bond donors (Lipinski definition) is 1. The van der Waals surface area contributed by atoms with Gasteiger partial charge in [0, 0.05) is 13.0 Å². The summed E-state index contributed by atoms with van der Waals surface area (Å²) in [7, 11) is 1.40. The fourth-order valence-corrected chi connectivity index (χ4v) is 2.27. The quantitative estimate of drug-likeness (QED) is 0.877. The molecular weight excluding hydrogens is 249 g/mol. The predicted octanol–water partition coefficient (Wildman–Crippen LogP) is 1.45. The molecule has 0 radical (unpaired) electrons. The Morgan fingerprint density at radius 2 is 2.32 bits per heavy atom. The molecule has 2 atom stereocenters. The van der Waals surface area contributed by atoms with Crippen molar-refractivity contribution in [2.45, 2.75) is 31.5 Å². The van der Waals surface area contributed by atoms with Crippen molar-refractivity contribution >= 4 is 5.78 Å². The lowest BCUT2D eigenvalue weighted by Gasteiger charge is -2.12. The Hall–Kier alpha value is -1.46. The summed E-state index contributed by atoms with van der Waals surface area (Å²) in [4.78, 5) is 12.1. The van der Waals surface area contributed by atoms with Crippen LogP contribution in [0.2, 0.25) is 0 Å². The van der Waals surface area contributed by atoms with Gasteiger partial charge < -0.3 is 15.2 Å².